The number of benzene rings is 1. The summed E-state index contributed by atoms with van der Waals surface area (Å²) in [4.78, 5) is 13.6. The first-order chi connectivity index (χ1) is 8.16. The van der Waals surface area contributed by atoms with Crippen LogP contribution < -0.4 is 5.32 Å². The maximum atomic E-state index is 13.0. The van der Waals surface area contributed by atoms with E-state index >= 15 is 0 Å². The molecule has 92 valence electrons. The van der Waals surface area contributed by atoms with Gasteiger partial charge in [-0.2, -0.15) is 0 Å². The van der Waals surface area contributed by atoms with Crippen molar-refractivity contribution in [3.63, 3.8) is 0 Å². The first-order valence-electron chi connectivity index (χ1n) is 5.63. The average molecular weight is 240 g/mol. The summed E-state index contributed by atoms with van der Waals surface area (Å²) < 4.78 is 26.0. The second-order valence-electron chi connectivity index (χ2n) is 4.05. The molecule has 0 unspecified atom stereocenters. The Balaban J connectivity index is 2.17. The number of hydrogen-bond acceptors (Lipinski definition) is 2. The molecule has 0 atom stereocenters. The Bertz CT molecular complexity index is 395. The molecule has 1 fully saturated rings. The van der Waals surface area contributed by atoms with Crippen molar-refractivity contribution in [1.82, 2.24) is 10.2 Å². The maximum Gasteiger partial charge on any atom is 0.254 e. The zero-order chi connectivity index (χ0) is 12.3. The van der Waals surface area contributed by atoms with Crippen molar-refractivity contribution >= 4 is 5.91 Å². The van der Waals surface area contributed by atoms with Gasteiger partial charge in [0.1, 0.15) is 11.6 Å². The predicted molar refractivity (Wildman–Crippen MR) is 59.7 cm³/mol. The number of halogens is 2. The van der Waals surface area contributed by atoms with Gasteiger partial charge in [-0.1, -0.05) is 0 Å². The first-order valence-corrected chi connectivity index (χ1v) is 5.63. The summed E-state index contributed by atoms with van der Waals surface area (Å²) in [5.41, 5.74) is 0.0735. The van der Waals surface area contributed by atoms with Crippen LogP contribution in [-0.2, 0) is 0 Å². The summed E-state index contributed by atoms with van der Waals surface area (Å²) in [6.07, 6.45) is 0.851. The SMILES string of the molecule is O=C(c1cc(F)cc(F)c1)N1CCCNCC1. The summed E-state index contributed by atoms with van der Waals surface area (Å²) in [5, 5.41) is 3.16. The van der Waals surface area contributed by atoms with Gasteiger partial charge < -0.3 is 10.2 Å². The van der Waals surface area contributed by atoms with Crippen LogP contribution in [0.3, 0.4) is 0 Å². The molecule has 1 amide bonds. The summed E-state index contributed by atoms with van der Waals surface area (Å²) in [6.45, 7) is 2.76. The Morgan fingerprint density at radius 3 is 2.53 bits per heavy atom. The molecule has 1 aromatic rings. The minimum Gasteiger partial charge on any atom is -0.337 e. The van der Waals surface area contributed by atoms with Gasteiger partial charge in [-0.3, -0.25) is 4.79 Å². The van der Waals surface area contributed by atoms with Gasteiger partial charge in [0.05, 0.1) is 0 Å². The Labute approximate surface area is 98.4 Å². The van der Waals surface area contributed by atoms with E-state index in [2.05, 4.69) is 5.32 Å². The van der Waals surface area contributed by atoms with Gasteiger partial charge in [0.2, 0.25) is 0 Å². The molecule has 0 saturated carbocycles. The van der Waals surface area contributed by atoms with Crippen LogP contribution in [0.15, 0.2) is 18.2 Å². The highest BCUT2D eigenvalue weighted by molar-refractivity contribution is 5.94. The number of nitrogens with zero attached hydrogens (tertiary/aromatic N) is 1. The van der Waals surface area contributed by atoms with Gasteiger partial charge in [0.15, 0.2) is 0 Å². The lowest BCUT2D eigenvalue weighted by molar-refractivity contribution is 0.0765. The maximum absolute atomic E-state index is 13.0. The number of carbonyl (C=O) groups excluding carboxylic acids is 1. The predicted octanol–water partition coefficient (Wildman–Crippen LogP) is 1.40. The van der Waals surface area contributed by atoms with E-state index in [9.17, 15) is 13.6 Å². The van der Waals surface area contributed by atoms with Gasteiger partial charge in [-0.05, 0) is 25.1 Å². The molecule has 1 aliphatic heterocycles. The van der Waals surface area contributed by atoms with E-state index < -0.39 is 11.6 Å². The second-order valence-corrected chi connectivity index (χ2v) is 4.05. The molecule has 1 saturated heterocycles. The van der Waals surface area contributed by atoms with E-state index in [1.165, 1.54) is 0 Å². The summed E-state index contributed by atoms with van der Waals surface area (Å²) in [6, 6.07) is 2.91. The molecule has 17 heavy (non-hydrogen) atoms. The van der Waals surface area contributed by atoms with Gasteiger partial charge >= 0.3 is 0 Å². The van der Waals surface area contributed by atoms with Crippen LogP contribution in [0.2, 0.25) is 0 Å². The number of amides is 1. The molecule has 0 bridgehead atoms. The standard InChI is InChI=1S/C12H14F2N2O/c13-10-6-9(7-11(14)8-10)12(17)16-4-1-2-15-3-5-16/h6-8,15H,1-5H2. The van der Waals surface area contributed by atoms with Crippen molar-refractivity contribution < 1.29 is 13.6 Å². The average Bonchev–Trinajstić information content (AvgIpc) is 2.55. The molecule has 2 rings (SSSR count). The molecule has 1 aliphatic rings. The quantitative estimate of drug-likeness (QED) is 0.804. The smallest absolute Gasteiger partial charge is 0.254 e. The normalized spacial score (nSPS) is 16.7. The fourth-order valence-corrected chi connectivity index (χ4v) is 1.91. The van der Waals surface area contributed by atoms with Gasteiger partial charge in [0, 0.05) is 31.3 Å². The van der Waals surface area contributed by atoms with E-state index in [4.69, 9.17) is 0 Å². The zero-order valence-corrected chi connectivity index (χ0v) is 9.38. The highest BCUT2D eigenvalue weighted by Crippen LogP contribution is 2.11. The first kappa shape index (κ1) is 12.0. The lowest BCUT2D eigenvalue weighted by Crippen LogP contribution is -2.34. The molecule has 0 radical (unpaired) electrons. The highest BCUT2D eigenvalue weighted by Gasteiger charge is 2.18. The second kappa shape index (κ2) is 5.23. The zero-order valence-electron chi connectivity index (χ0n) is 9.38. The highest BCUT2D eigenvalue weighted by atomic mass is 19.1. The largest absolute Gasteiger partial charge is 0.337 e. The molecule has 5 heteroatoms. The van der Waals surface area contributed by atoms with Crippen molar-refractivity contribution in [3.05, 3.63) is 35.4 Å². The minimum absolute atomic E-state index is 0.0735. The molecule has 0 spiro atoms. The molecule has 0 aliphatic carbocycles. The molecule has 1 aromatic carbocycles. The van der Waals surface area contributed by atoms with Gasteiger partial charge in [-0.15, -0.1) is 0 Å². The van der Waals surface area contributed by atoms with Crippen LogP contribution >= 0.6 is 0 Å². The lowest BCUT2D eigenvalue weighted by atomic mass is 10.2. The van der Waals surface area contributed by atoms with E-state index in [1.807, 2.05) is 0 Å². The van der Waals surface area contributed by atoms with Crippen molar-refractivity contribution in [2.75, 3.05) is 26.2 Å². The molecule has 3 nitrogen and oxygen atoms in total. The van der Waals surface area contributed by atoms with Crippen LogP contribution in [0, 0.1) is 11.6 Å². The Hall–Kier alpha value is -1.49. The molecule has 0 aromatic heterocycles. The third-order valence-corrected chi connectivity index (χ3v) is 2.74. The lowest BCUT2D eigenvalue weighted by Gasteiger charge is -2.19. The summed E-state index contributed by atoms with van der Waals surface area (Å²) in [7, 11) is 0. The summed E-state index contributed by atoms with van der Waals surface area (Å²) in [5.74, 6) is -1.75. The minimum atomic E-state index is -0.721. The Morgan fingerprint density at radius 1 is 1.12 bits per heavy atom. The van der Waals surface area contributed by atoms with E-state index in [0.29, 0.717) is 19.6 Å². The monoisotopic (exact) mass is 240 g/mol. The van der Waals surface area contributed by atoms with Crippen molar-refractivity contribution in [2.45, 2.75) is 6.42 Å². The Morgan fingerprint density at radius 2 is 1.82 bits per heavy atom. The molecule has 1 heterocycles. The topological polar surface area (TPSA) is 32.3 Å². The number of carbonyl (C=O) groups is 1. The van der Waals surface area contributed by atoms with Crippen LogP contribution in [0.1, 0.15) is 16.8 Å². The fraction of sp³-hybridized carbons (Fsp3) is 0.417. The molecular formula is C12H14F2N2O. The van der Waals surface area contributed by atoms with Crippen LogP contribution in [0.25, 0.3) is 0 Å². The third-order valence-electron chi connectivity index (χ3n) is 2.74. The summed E-state index contributed by atoms with van der Waals surface area (Å²) >= 11 is 0. The number of hydrogen-bond donors (Lipinski definition) is 1. The number of rotatable bonds is 1. The van der Waals surface area contributed by atoms with Crippen LogP contribution in [0.4, 0.5) is 8.78 Å². The van der Waals surface area contributed by atoms with E-state index in [0.717, 1.165) is 31.2 Å². The molecule has 1 N–H and O–H groups in total. The van der Waals surface area contributed by atoms with E-state index in [1.54, 1.807) is 4.90 Å². The van der Waals surface area contributed by atoms with E-state index in [-0.39, 0.29) is 11.5 Å². The number of nitrogens with one attached hydrogen (secondary N) is 1. The van der Waals surface area contributed by atoms with Crippen molar-refractivity contribution in [1.29, 1.82) is 0 Å². The van der Waals surface area contributed by atoms with Gasteiger partial charge in [-0.25, -0.2) is 8.78 Å². The fourth-order valence-electron chi connectivity index (χ4n) is 1.91. The van der Waals surface area contributed by atoms with Crippen molar-refractivity contribution in [2.24, 2.45) is 0 Å². The van der Waals surface area contributed by atoms with Crippen molar-refractivity contribution in [3.8, 4) is 0 Å². The van der Waals surface area contributed by atoms with Crippen LogP contribution in [0.5, 0.6) is 0 Å². The molecular weight excluding hydrogens is 226 g/mol. The third kappa shape index (κ3) is 3.00. The van der Waals surface area contributed by atoms with Gasteiger partial charge in [0.25, 0.3) is 5.91 Å². The van der Waals surface area contributed by atoms with Crippen LogP contribution in [-0.4, -0.2) is 37.0 Å². The Kier molecular flexibility index (Phi) is 3.68.